The fourth-order valence-electron chi connectivity index (χ4n) is 1.25. The monoisotopic (exact) mass is 197 g/mol. The molecule has 0 aliphatic heterocycles. The molecule has 0 saturated carbocycles. The van der Waals surface area contributed by atoms with E-state index in [1.165, 1.54) is 6.07 Å². The Morgan fingerprint density at radius 2 is 2.14 bits per heavy atom. The Morgan fingerprint density at radius 1 is 1.50 bits per heavy atom. The summed E-state index contributed by atoms with van der Waals surface area (Å²) in [5.41, 5.74) is 6.60. The van der Waals surface area contributed by atoms with Crippen LogP contribution in [0.4, 0.5) is 4.39 Å². The highest BCUT2D eigenvalue weighted by atomic mass is 19.1. The predicted molar refractivity (Wildman–Crippen MR) is 54.3 cm³/mol. The third-order valence-corrected chi connectivity index (χ3v) is 2.45. The van der Waals surface area contributed by atoms with Crippen LogP contribution in [0.5, 0.6) is 0 Å². The zero-order chi connectivity index (χ0) is 10.7. The fraction of sp³-hybridized carbons (Fsp3) is 0.455. The number of aliphatic hydroxyl groups is 1. The number of aliphatic hydroxyl groups excluding tert-OH is 1. The second kappa shape index (κ2) is 4.53. The van der Waals surface area contributed by atoms with Crippen LogP contribution in [0.15, 0.2) is 18.2 Å². The Balaban J connectivity index is 2.91. The molecule has 78 valence electrons. The number of nitrogens with two attached hydrogens (primary N) is 1. The highest BCUT2D eigenvalue weighted by Gasteiger charge is 2.15. The van der Waals surface area contributed by atoms with Crippen LogP contribution in [-0.2, 0) is 0 Å². The number of halogens is 1. The normalized spacial score (nSPS) is 15.2. The van der Waals surface area contributed by atoms with Gasteiger partial charge in [-0.05, 0) is 36.6 Å². The third-order valence-electron chi connectivity index (χ3n) is 2.45. The maximum absolute atomic E-state index is 13.2. The Kier molecular flexibility index (Phi) is 3.61. The number of rotatable bonds is 3. The van der Waals surface area contributed by atoms with Crippen molar-refractivity contribution in [1.29, 1.82) is 0 Å². The molecule has 2 nitrogen and oxygen atoms in total. The van der Waals surface area contributed by atoms with Gasteiger partial charge in [-0.2, -0.15) is 0 Å². The van der Waals surface area contributed by atoms with E-state index in [4.69, 9.17) is 5.73 Å². The summed E-state index contributed by atoms with van der Waals surface area (Å²) in [6.45, 7) is 3.91. The van der Waals surface area contributed by atoms with Gasteiger partial charge in [-0.25, -0.2) is 4.39 Å². The summed E-state index contributed by atoms with van der Waals surface area (Å²) < 4.78 is 13.2. The maximum atomic E-state index is 13.2. The van der Waals surface area contributed by atoms with Crippen molar-refractivity contribution in [1.82, 2.24) is 0 Å². The van der Waals surface area contributed by atoms with E-state index in [0.717, 1.165) is 0 Å². The summed E-state index contributed by atoms with van der Waals surface area (Å²) in [5.74, 6) is -0.345. The molecule has 0 saturated heterocycles. The van der Waals surface area contributed by atoms with Crippen LogP contribution in [0.1, 0.15) is 24.2 Å². The standard InChI is InChI=1S/C11H16FNO/c1-7-3-4-9(5-10(7)12)11(14)8(2)6-13/h3-5,8,11,14H,6,13H2,1-2H3. The second-order valence-electron chi connectivity index (χ2n) is 3.67. The van der Waals surface area contributed by atoms with Crippen molar-refractivity contribution in [2.45, 2.75) is 20.0 Å². The van der Waals surface area contributed by atoms with Crippen LogP contribution in [0.2, 0.25) is 0 Å². The molecule has 0 aliphatic carbocycles. The quantitative estimate of drug-likeness (QED) is 0.775. The topological polar surface area (TPSA) is 46.2 Å². The number of aryl methyl sites for hydroxylation is 1. The van der Waals surface area contributed by atoms with Crippen molar-refractivity contribution in [2.24, 2.45) is 11.7 Å². The summed E-state index contributed by atoms with van der Waals surface area (Å²) in [6, 6.07) is 4.76. The van der Waals surface area contributed by atoms with Gasteiger partial charge in [0, 0.05) is 0 Å². The van der Waals surface area contributed by atoms with Crippen molar-refractivity contribution in [3.8, 4) is 0 Å². The zero-order valence-electron chi connectivity index (χ0n) is 8.50. The molecule has 14 heavy (non-hydrogen) atoms. The Hall–Kier alpha value is -0.930. The van der Waals surface area contributed by atoms with Gasteiger partial charge in [-0.15, -0.1) is 0 Å². The predicted octanol–water partition coefficient (Wildman–Crippen LogP) is 1.76. The van der Waals surface area contributed by atoms with Gasteiger partial charge in [0.25, 0.3) is 0 Å². The first-order valence-electron chi connectivity index (χ1n) is 4.70. The third kappa shape index (κ3) is 2.30. The molecule has 1 rings (SSSR count). The highest BCUT2D eigenvalue weighted by Crippen LogP contribution is 2.22. The zero-order valence-corrected chi connectivity index (χ0v) is 8.50. The minimum absolute atomic E-state index is 0.0582. The molecule has 0 spiro atoms. The van der Waals surface area contributed by atoms with Gasteiger partial charge in [0.05, 0.1) is 6.10 Å². The van der Waals surface area contributed by atoms with Crippen molar-refractivity contribution in [3.63, 3.8) is 0 Å². The lowest BCUT2D eigenvalue weighted by Crippen LogP contribution is -2.18. The van der Waals surface area contributed by atoms with E-state index in [1.807, 2.05) is 6.92 Å². The molecule has 1 aromatic rings. The van der Waals surface area contributed by atoms with E-state index in [2.05, 4.69) is 0 Å². The van der Waals surface area contributed by atoms with Gasteiger partial charge in [0.2, 0.25) is 0 Å². The minimum atomic E-state index is -0.685. The molecule has 0 heterocycles. The Bertz CT molecular complexity index is 314. The van der Waals surface area contributed by atoms with Crippen molar-refractivity contribution >= 4 is 0 Å². The van der Waals surface area contributed by atoms with Crippen molar-refractivity contribution < 1.29 is 9.50 Å². The van der Waals surface area contributed by atoms with E-state index in [-0.39, 0.29) is 11.7 Å². The van der Waals surface area contributed by atoms with Gasteiger partial charge in [0.1, 0.15) is 5.82 Å². The van der Waals surface area contributed by atoms with Gasteiger partial charge in [-0.1, -0.05) is 19.1 Å². The summed E-state index contributed by atoms with van der Waals surface area (Å²) in [7, 11) is 0. The van der Waals surface area contributed by atoms with Gasteiger partial charge in [-0.3, -0.25) is 0 Å². The van der Waals surface area contributed by atoms with Crippen LogP contribution in [-0.4, -0.2) is 11.7 Å². The first kappa shape index (κ1) is 11.1. The van der Waals surface area contributed by atoms with Crippen LogP contribution < -0.4 is 5.73 Å². The SMILES string of the molecule is Cc1ccc(C(O)C(C)CN)cc1F. The van der Waals surface area contributed by atoms with E-state index >= 15 is 0 Å². The first-order chi connectivity index (χ1) is 6.56. The van der Waals surface area contributed by atoms with Crippen LogP contribution in [0.3, 0.4) is 0 Å². The highest BCUT2D eigenvalue weighted by molar-refractivity contribution is 5.25. The molecular formula is C11H16FNO. The number of hydrogen-bond donors (Lipinski definition) is 2. The van der Waals surface area contributed by atoms with E-state index in [1.54, 1.807) is 19.1 Å². The van der Waals surface area contributed by atoms with E-state index in [0.29, 0.717) is 17.7 Å². The molecule has 3 N–H and O–H groups in total. The van der Waals surface area contributed by atoms with E-state index < -0.39 is 6.10 Å². The fourth-order valence-corrected chi connectivity index (χ4v) is 1.25. The lowest BCUT2D eigenvalue weighted by Gasteiger charge is -2.17. The summed E-state index contributed by atoms with van der Waals surface area (Å²) in [6.07, 6.45) is -0.685. The number of hydrogen-bond acceptors (Lipinski definition) is 2. The summed E-state index contributed by atoms with van der Waals surface area (Å²) >= 11 is 0. The first-order valence-corrected chi connectivity index (χ1v) is 4.70. The molecule has 0 aliphatic rings. The van der Waals surface area contributed by atoms with Gasteiger partial charge >= 0.3 is 0 Å². The maximum Gasteiger partial charge on any atom is 0.126 e. The Morgan fingerprint density at radius 3 is 2.64 bits per heavy atom. The average molecular weight is 197 g/mol. The molecule has 1 aromatic carbocycles. The molecular weight excluding hydrogens is 181 g/mol. The lowest BCUT2D eigenvalue weighted by atomic mass is 9.97. The Labute approximate surface area is 83.6 Å². The van der Waals surface area contributed by atoms with Crippen LogP contribution >= 0.6 is 0 Å². The molecule has 3 heteroatoms. The molecule has 0 amide bonds. The molecule has 0 aromatic heterocycles. The minimum Gasteiger partial charge on any atom is -0.388 e. The van der Waals surface area contributed by atoms with Crippen LogP contribution in [0.25, 0.3) is 0 Å². The van der Waals surface area contributed by atoms with Gasteiger partial charge in [0.15, 0.2) is 0 Å². The second-order valence-corrected chi connectivity index (χ2v) is 3.67. The molecule has 2 atom stereocenters. The molecule has 2 unspecified atom stereocenters. The molecule has 0 fully saturated rings. The summed E-state index contributed by atoms with van der Waals surface area (Å²) in [5, 5.41) is 9.76. The molecule has 0 radical (unpaired) electrons. The smallest absolute Gasteiger partial charge is 0.126 e. The molecule has 0 bridgehead atoms. The lowest BCUT2D eigenvalue weighted by molar-refractivity contribution is 0.121. The van der Waals surface area contributed by atoms with E-state index in [9.17, 15) is 9.50 Å². The summed E-state index contributed by atoms with van der Waals surface area (Å²) in [4.78, 5) is 0. The largest absolute Gasteiger partial charge is 0.388 e. The van der Waals surface area contributed by atoms with Crippen molar-refractivity contribution in [2.75, 3.05) is 6.54 Å². The van der Waals surface area contributed by atoms with Gasteiger partial charge < -0.3 is 10.8 Å². The van der Waals surface area contributed by atoms with Crippen LogP contribution in [0, 0.1) is 18.7 Å². The number of benzene rings is 1. The van der Waals surface area contributed by atoms with Crippen molar-refractivity contribution in [3.05, 3.63) is 35.1 Å². The average Bonchev–Trinajstić information content (AvgIpc) is 2.20.